The minimum absolute atomic E-state index is 0.0870. The van der Waals surface area contributed by atoms with Gasteiger partial charge in [-0.05, 0) is 57.3 Å². The molecule has 1 heterocycles. The fourth-order valence-corrected chi connectivity index (χ4v) is 3.49. The van der Waals surface area contributed by atoms with Crippen LogP contribution in [0, 0.1) is 11.8 Å². The number of carbonyl (C=O) groups is 2. The Morgan fingerprint density at radius 1 is 1.27 bits per heavy atom. The molecule has 2 atom stereocenters. The number of likely N-dealkylation sites (tertiary alicyclic amines) is 1. The number of piperidine rings is 1. The first kappa shape index (κ1) is 22.2. The van der Waals surface area contributed by atoms with E-state index in [9.17, 15) is 9.59 Å². The van der Waals surface area contributed by atoms with E-state index >= 15 is 0 Å². The van der Waals surface area contributed by atoms with Crippen LogP contribution in [-0.2, 0) is 14.3 Å². The summed E-state index contributed by atoms with van der Waals surface area (Å²) in [6.07, 6.45) is 7.83. The van der Waals surface area contributed by atoms with Crippen molar-refractivity contribution in [1.82, 2.24) is 9.80 Å². The molecule has 26 heavy (non-hydrogen) atoms. The van der Waals surface area contributed by atoms with E-state index in [2.05, 4.69) is 17.6 Å². The van der Waals surface area contributed by atoms with Crippen LogP contribution in [0.3, 0.4) is 0 Å². The van der Waals surface area contributed by atoms with Crippen LogP contribution in [-0.4, -0.2) is 62.5 Å². The number of carbonyl (C=O) groups excluding carboxylic acids is 2. The standard InChI is InChI=1S/C21H34N2O3/c1-7-10-17(16(8-2)11-12-20(24)22(4)5)18-13-14-23(6)15-19(18)21(25)26-9-3/h7-8,10,18-19H,1,9,11-15H2,2-6H3/b16-8-,17-10+. The molecule has 1 rings (SSSR count). The van der Waals surface area contributed by atoms with Crippen molar-refractivity contribution < 1.29 is 14.3 Å². The largest absolute Gasteiger partial charge is 0.466 e. The number of hydrogen-bond donors (Lipinski definition) is 0. The van der Waals surface area contributed by atoms with E-state index in [4.69, 9.17) is 4.74 Å². The average Bonchev–Trinajstić information content (AvgIpc) is 2.61. The van der Waals surface area contributed by atoms with Crippen LogP contribution in [0.1, 0.15) is 33.1 Å². The zero-order chi connectivity index (χ0) is 19.7. The van der Waals surface area contributed by atoms with Gasteiger partial charge in [-0.2, -0.15) is 0 Å². The normalized spacial score (nSPS) is 22.0. The zero-order valence-electron chi connectivity index (χ0n) is 17.0. The summed E-state index contributed by atoms with van der Waals surface area (Å²) in [5.74, 6) is -0.144. The Morgan fingerprint density at radius 3 is 2.50 bits per heavy atom. The third-order valence-electron chi connectivity index (χ3n) is 4.93. The molecule has 0 spiro atoms. The van der Waals surface area contributed by atoms with Crippen molar-refractivity contribution >= 4 is 11.9 Å². The first-order chi connectivity index (χ1) is 12.3. The Labute approximate surface area is 158 Å². The molecule has 1 amide bonds. The first-order valence-electron chi connectivity index (χ1n) is 9.39. The fourth-order valence-electron chi connectivity index (χ4n) is 3.49. The number of nitrogens with zero attached hydrogens (tertiary/aromatic N) is 2. The molecule has 0 N–H and O–H groups in total. The smallest absolute Gasteiger partial charge is 0.310 e. The van der Waals surface area contributed by atoms with Crippen LogP contribution in [0.15, 0.2) is 36.0 Å². The summed E-state index contributed by atoms with van der Waals surface area (Å²) < 4.78 is 5.33. The van der Waals surface area contributed by atoms with Gasteiger partial charge in [-0.1, -0.05) is 24.8 Å². The number of hydrogen-bond acceptors (Lipinski definition) is 4. The Morgan fingerprint density at radius 2 is 1.96 bits per heavy atom. The van der Waals surface area contributed by atoms with Crippen LogP contribution in [0.5, 0.6) is 0 Å². The predicted molar refractivity (Wildman–Crippen MR) is 106 cm³/mol. The second-order valence-electron chi connectivity index (χ2n) is 6.98. The highest BCUT2D eigenvalue weighted by atomic mass is 16.5. The van der Waals surface area contributed by atoms with Gasteiger partial charge in [0.2, 0.25) is 5.91 Å². The lowest BCUT2D eigenvalue weighted by Crippen LogP contribution is -2.43. The third kappa shape index (κ3) is 6.13. The van der Waals surface area contributed by atoms with E-state index in [1.54, 1.807) is 25.1 Å². The van der Waals surface area contributed by atoms with Crippen molar-refractivity contribution in [1.29, 1.82) is 0 Å². The van der Waals surface area contributed by atoms with Crippen molar-refractivity contribution in [2.24, 2.45) is 11.8 Å². The summed E-state index contributed by atoms with van der Waals surface area (Å²) in [6.45, 7) is 9.68. The summed E-state index contributed by atoms with van der Waals surface area (Å²) >= 11 is 0. The van der Waals surface area contributed by atoms with Gasteiger partial charge in [0.1, 0.15) is 0 Å². The van der Waals surface area contributed by atoms with Gasteiger partial charge in [0, 0.05) is 27.1 Å². The summed E-state index contributed by atoms with van der Waals surface area (Å²) in [5, 5.41) is 0. The molecule has 0 aromatic carbocycles. The highest BCUT2D eigenvalue weighted by Gasteiger charge is 2.36. The summed E-state index contributed by atoms with van der Waals surface area (Å²) in [7, 11) is 5.57. The SMILES string of the molecule is C=C/C=C(\C(=C/C)CCC(=O)N(C)C)C1CCN(C)CC1C(=O)OCC. The van der Waals surface area contributed by atoms with Gasteiger partial charge in [0.15, 0.2) is 0 Å². The molecule has 1 aliphatic rings. The van der Waals surface area contributed by atoms with Crippen molar-refractivity contribution in [3.8, 4) is 0 Å². The number of allylic oxidation sites excluding steroid dienone is 5. The molecular formula is C21H34N2O3. The maximum absolute atomic E-state index is 12.5. The van der Waals surface area contributed by atoms with Crippen LogP contribution < -0.4 is 0 Å². The van der Waals surface area contributed by atoms with E-state index in [0.717, 1.165) is 24.1 Å². The van der Waals surface area contributed by atoms with Crippen molar-refractivity contribution in [3.05, 3.63) is 36.0 Å². The number of amides is 1. The molecule has 0 saturated carbocycles. The van der Waals surface area contributed by atoms with Gasteiger partial charge in [-0.3, -0.25) is 9.59 Å². The Balaban J connectivity index is 3.07. The maximum Gasteiger partial charge on any atom is 0.310 e. The van der Waals surface area contributed by atoms with Gasteiger partial charge < -0.3 is 14.5 Å². The number of ether oxygens (including phenoxy) is 1. The van der Waals surface area contributed by atoms with Crippen LogP contribution >= 0.6 is 0 Å². The average molecular weight is 363 g/mol. The van der Waals surface area contributed by atoms with E-state index < -0.39 is 0 Å². The van der Waals surface area contributed by atoms with Gasteiger partial charge >= 0.3 is 5.97 Å². The highest BCUT2D eigenvalue weighted by molar-refractivity contribution is 5.76. The lowest BCUT2D eigenvalue weighted by molar-refractivity contribution is -0.151. The fraction of sp³-hybridized carbons (Fsp3) is 0.619. The van der Waals surface area contributed by atoms with E-state index in [1.165, 1.54) is 0 Å². The van der Waals surface area contributed by atoms with E-state index in [-0.39, 0.29) is 23.7 Å². The molecule has 0 aromatic rings. The van der Waals surface area contributed by atoms with E-state index in [1.807, 2.05) is 27.0 Å². The van der Waals surface area contributed by atoms with Crippen molar-refractivity contribution in [2.45, 2.75) is 33.1 Å². The van der Waals surface area contributed by atoms with Gasteiger partial charge in [-0.15, -0.1) is 0 Å². The molecule has 5 heteroatoms. The second-order valence-corrected chi connectivity index (χ2v) is 6.98. The van der Waals surface area contributed by atoms with Gasteiger partial charge in [0.05, 0.1) is 12.5 Å². The number of rotatable bonds is 8. The van der Waals surface area contributed by atoms with E-state index in [0.29, 0.717) is 26.0 Å². The molecule has 146 valence electrons. The van der Waals surface area contributed by atoms with Gasteiger partial charge in [0.25, 0.3) is 0 Å². The summed E-state index contributed by atoms with van der Waals surface area (Å²) in [4.78, 5) is 28.3. The summed E-state index contributed by atoms with van der Waals surface area (Å²) in [6, 6.07) is 0. The van der Waals surface area contributed by atoms with Crippen molar-refractivity contribution in [2.75, 3.05) is 40.8 Å². The zero-order valence-corrected chi connectivity index (χ0v) is 17.0. The lowest BCUT2D eigenvalue weighted by atomic mass is 9.76. The predicted octanol–water partition coefficient (Wildman–Crippen LogP) is 3.04. The Kier molecular flexibility index (Phi) is 9.35. The van der Waals surface area contributed by atoms with Crippen LogP contribution in [0.2, 0.25) is 0 Å². The summed E-state index contributed by atoms with van der Waals surface area (Å²) in [5.41, 5.74) is 2.23. The minimum atomic E-state index is -0.195. The molecule has 5 nitrogen and oxygen atoms in total. The van der Waals surface area contributed by atoms with Crippen LogP contribution in [0.25, 0.3) is 0 Å². The molecule has 0 bridgehead atoms. The molecule has 0 radical (unpaired) electrons. The molecule has 1 aliphatic heterocycles. The highest BCUT2D eigenvalue weighted by Crippen LogP contribution is 2.36. The van der Waals surface area contributed by atoms with Gasteiger partial charge in [-0.25, -0.2) is 0 Å². The second kappa shape index (κ2) is 11.0. The maximum atomic E-state index is 12.5. The monoisotopic (exact) mass is 362 g/mol. The molecule has 2 unspecified atom stereocenters. The third-order valence-corrected chi connectivity index (χ3v) is 4.93. The quantitative estimate of drug-likeness (QED) is 0.492. The molecular weight excluding hydrogens is 328 g/mol. The minimum Gasteiger partial charge on any atom is -0.466 e. The molecule has 0 aromatic heterocycles. The number of esters is 1. The molecule has 0 aliphatic carbocycles. The first-order valence-corrected chi connectivity index (χ1v) is 9.39. The van der Waals surface area contributed by atoms with Crippen molar-refractivity contribution in [3.63, 3.8) is 0 Å². The Hall–Kier alpha value is -1.88. The topological polar surface area (TPSA) is 49.9 Å². The Bertz CT molecular complexity index is 564. The molecule has 1 fully saturated rings. The molecule has 1 saturated heterocycles. The lowest BCUT2D eigenvalue weighted by Gasteiger charge is -2.37. The van der Waals surface area contributed by atoms with Crippen LogP contribution in [0.4, 0.5) is 0 Å².